The molecule has 1 saturated heterocycles. The van der Waals surface area contributed by atoms with E-state index in [1.165, 1.54) is 12.4 Å². The number of alkyl halides is 3. The molecule has 4 atom stereocenters. The van der Waals surface area contributed by atoms with E-state index in [0.717, 1.165) is 18.6 Å². The van der Waals surface area contributed by atoms with Crippen molar-refractivity contribution in [3.8, 4) is 0 Å². The topological polar surface area (TPSA) is 176 Å². The Morgan fingerprint density at radius 1 is 0.966 bits per heavy atom. The van der Waals surface area contributed by atoms with Crippen LogP contribution in [0.25, 0.3) is 10.9 Å². The first-order valence-electron chi connectivity index (χ1n) is 20.2. The number of likely N-dealkylation sites (tertiary alicyclic amines) is 1. The number of anilines is 1. The maximum absolute atomic E-state index is 13.9. The lowest BCUT2D eigenvalue weighted by Gasteiger charge is -2.45. The maximum atomic E-state index is 13.9. The summed E-state index contributed by atoms with van der Waals surface area (Å²) in [7, 11) is 2.07. The summed E-state index contributed by atoms with van der Waals surface area (Å²) >= 11 is 0. The molecule has 4 amide bonds. The Morgan fingerprint density at radius 3 is 2.38 bits per heavy atom. The van der Waals surface area contributed by atoms with Gasteiger partial charge in [-0.3, -0.25) is 14.4 Å². The minimum absolute atomic E-state index is 0.104. The number of aromatic nitrogens is 2. The first-order chi connectivity index (χ1) is 27.4. The first-order valence-corrected chi connectivity index (χ1v) is 20.2. The standard InChI is InChI=1S/C40H59F3N8O7/c1-24(2)50(6)28-8-10-33(51-14-11-31(37(51)54)48-35-29-21-26(40(41,42)43)7-9-30(29)45-23-46-35)32(22-28)49-36(53)25-19-27(20-25)47-34(52)12-15-56-17-18-57-16-13-44-38(55)58-39(3,4)5/h7,9,21,23-25,27-28,31-33H,8,10-20,22H2,1-6H3,(H,44,55)(H,47,52)(H,49,53)(H,45,46,48)/t25?,27?,28-,31+,32-,33+/m1/s1. The number of carbonyl (C=O) groups excluding carboxylic acids is 4. The lowest BCUT2D eigenvalue weighted by atomic mass is 9.78. The number of alkyl carbamates (subject to hydrolysis) is 1. The third kappa shape index (κ3) is 12.4. The predicted octanol–water partition coefficient (Wildman–Crippen LogP) is 4.25. The lowest BCUT2D eigenvalue weighted by molar-refractivity contribution is -0.137. The van der Waals surface area contributed by atoms with E-state index < -0.39 is 29.5 Å². The quantitative estimate of drug-likeness (QED) is 0.168. The van der Waals surface area contributed by atoms with Crippen molar-refractivity contribution in [2.75, 3.05) is 51.9 Å². The zero-order valence-electron chi connectivity index (χ0n) is 34.3. The van der Waals surface area contributed by atoms with E-state index in [1.807, 2.05) is 0 Å². The maximum Gasteiger partial charge on any atom is 0.416 e. The molecule has 2 aliphatic carbocycles. The van der Waals surface area contributed by atoms with Crippen LogP contribution < -0.4 is 21.3 Å². The second kappa shape index (κ2) is 19.6. The molecule has 0 bridgehead atoms. The number of benzene rings is 1. The summed E-state index contributed by atoms with van der Waals surface area (Å²) in [5.41, 5.74) is -1.07. The highest BCUT2D eigenvalue weighted by molar-refractivity contribution is 5.93. The van der Waals surface area contributed by atoms with Crippen molar-refractivity contribution in [1.29, 1.82) is 0 Å². The average molecular weight is 821 g/mol. The van der Waals surface area contributed by atoms with Crippen molar-refractivity contribution < 1.29 is 46.6 Å². The fourth-order valence-electron chi connectivity index (χ4n) is 7.71. The molecule has 1 aromatic carbocycles. The Kier molecular flexibility index (Phi) is 15.2. The van der Waals surface area contributed by atoms with Gasteiger partial charge in [0, 0.05) is 48.9 Å². The lowest BCUT2D eigenvalue weighted by Crippen LogP contribution is -2.60. The van der Waals surface area contributed by atoms with Gasteiger partial charge in [-0.15, -0.1) is 0 Å². The summed E-state index contributed by atoms with van der Waals surface area (Å²) in [6, 6.07) is 2.37. The van der Waals surface area contributed by atoms with Crippen LogP contribution in [0.4, 0.5) is 23.8 Å². The Labute approximate surface area is 337 Å². The van der Waals surface area contributed by atoms with E-state index in [2.05, 4.69) is 57.0 Å². The van der Waals surface area contributed by atoms with Crippen LogP contribution >= 0.6 is 0 Å². The molecule has 0 unspecified atom stereocenters. The fraction of sp³-hybridized carbons (Fsp3) is 0.700. The first kappa shape index (κ1) is 44.8. The minimum atomic E-state index is -4.54. The van der Waals surface area contributed by atoms with Gasteiger partial charge in [0.1, 0.15) is 23.8 Å². The molecule has 3 aliphatic rings. The van der Waals surface area contributed by atoms with Crippen LogP contribution in [-0.4, -0.2) is 132 Å². The number of rotatable bonds is 17. The monoisotopic (exact) mass is 820 g/mol. The van der Waals surface area contributed by atoms with Gasteiger partial charge in [0.05, 0.1) is 49.6 Å². The second-order valence-corrected chi connectivity index (χ2v) is 16.7. The van der Waals surface area contributed by atoms with E-state index in [0.29, 0.717) is 70.5 Å². The number of carbonyl (C=O) groups is 4. The van der Waals surface area contributed by atoms with Gasteiger partial charge in [0.25, 0.3) is 0 Å². The Morgan fingerprint density at radius 2 is 1.69 bits per heavy atom. The van der Waals surface area contributed by atoms with Crippen LogP contribution in [0.1, 0.15) is 85.1 Å². The SMILES string of the molecule is CC(C)N(C)[C@@H]1CC[C@H](N2CC[C@H](Nc3ncnc4ccc(C(F)(F)F)cc34)C2=O)[C@H](NC(=O)C2CC(NC(=O)CCOCCOCCNC(=O)OC(C)(C)C)C2)C1. The van der Waals surface area contributed by atoms with Crippen LogP contribution in [0.5, 0.6) is 0 Å². The van der Waals surface area contributed by atoms with Gasteiger partial charge in [-0.2, -0.15) is 13.2 Å². The summed E-state index contributed by atoms with van der Waals surface area (Å²) in [6.07, 6.45) is -0.00521. The third-order valence-electron chi connectivity index (χ3n) is 11.1. The fourth-order valence-corrected chi connectivity index (χ4v) is 7.71. The molecule has 15 nitrogen and oxygen atoms in total. The van der Waals surface area contributed by atoms with Crippen molar-refractivity contribution >= 4 is 40.5 Å². The van der Waals surface area contributed by atoms with E-state index >= 15 is 0 Å². The van der Waals surface area contributed by atoms with Gasteiger partial charge in [0.2, 0.25) is 17.7 Å². The van der Waals surface area contributed by atoms with E-state index in [-0.39, 0.29) is 78.1 Å². The molecule has 3 fully saturated rings. The molecule has 5 rings (SSSR count). The van der Waals surface area contributed by atoms with Crippen molar-refractivity contribution in [2.45, 2.75) is 128 Å². The van der Waals surface area contributed by atoms with Crippen LogP contribution in [0.15, 0.2) is 24.5 Å². The molecule has 2 aromatic rings. The molecule has 322 valence electrons. The van der Waals surface area contributed by atoms with Crippen LogP contribution in [0, 0.1) is 5.92 Å². The van der Waals surface area contributed by atoms with Crippen molar-refractivity contribution in [3.63, 3.8) is 0 Å². The summed E-state index contributed by atoms with van der Waals surface area (Å²) in [6.45, 7) is 11.5. The number of amides is 4. The number of ether oxygens (including phenoxy) is 3. The molecule has 1 aliphatic heterocycles. The Bertz CT molecular complexity index is 1740. The van der Waals surface area contributed by atoms with Gasteiger partial charge in [0.15, 0.2) is 0 Å². The van der Waals surface area contributed by atoms with E-state index in [1.54, 1.807) is 25.7 Å². The zero-order valence-corrected chi connectivity index (χ0v) is 34.3. The molecular formula is C40H59F3N8O7. The van der Waals surface area contributed by atoms with E-state index in [9.17, 15) is 32.3 Å². The van der Waals surface area contributed by atoms with Gasteiger partial charge in [-0.05, 0) is 98.4 Å². The van der Waals surface area contributed by atoms with Crippen LogP contribution in [-0.2, 0) is 34.8 Å². The molecule has 58 heavy (non-hydrogen) atoms. The summed E-state index contributed by atoms with van der Waals surface area (Å²) in [5.74, 6) is -0.565. The number of hydrogen-bond acceptors (Lipinski definition) is 11. The molecule has 18 heteroatoms. The van der Waals surface area contributed by atoms with Crippen molar-refractivity contribution in [1.82, 2.24) is 35.7 Å². The highest BCUT2D eigenvalue weighted by atomic mass is 19.4. The smallest absolute Gasteiger partial charge is 0.416 e. The third-order valence-corrected chi connectivity index (χ3v) is 11.1. The number of nitrogens with zero attached hydrogens (tertiary/aromatic N) is 4. The second-order valence-electron chi connectivity index (χ2n) is 16.7. The zero-order chi connectivity index (χ0) is 42.2. The molecule has 2 saturated carbocycles. The Hall–Kier alpha value is -4.29. The molecule has 1 aromatic heterocycles. The van der Waals surface area contributed by atoms with Gasteiger partial charge >= 0.3 is 12.3 Å². The highest BCUT2D eigenvalue weighted by Crippen LogP contribution is 2.35. The highest BCUT2D eigenvalue weighted by Gasteiger charge is 2.45. The molecule has 2 heterocycles. The number of fused-ring (bicyclic) bond motifs is 1. The molecule has 0 spiro atoms. The Balaban J connectivity index is 1.07. The molecule has 0 radical (unpaired) electrons. The average Bonchev–Trinajstić information content (AvgIpc) is 3.49. The van der Waals surface area contributed by atoms with Gasteiger partial charge in [-0.1, -0.05) is 0 Å². The largest absolute Gasteiger partial charge is 0.444 e. The van der Waals surface area contributed by atoms with Crippen LogP contribution in [0.2, 0.25) is 0 Å². The van der Waals surface area contributed by atoms with Crippen LogP contribution in [0.3, 0.4) is 0 Å². The minimum Gasteiger partial charge on any atom is -0.444 e. The summed E-state index contributed by atoms with van der Waals surface area (Å²) in [4.78, 5) is 64.1. The van der Waals surface area contributed by atoms with Gasteiger partial charge in [-0.25, -0.2) is 14.8 Å². The number of nitrogens with one attached hydrogen (secondary N) is 4. The predicted molar refractivity (Wildman–Crippen MR) is 210 cm³/mol. The normalized spacial score (nSPS) is 23.8. The number of halogens is 3. The summed E-state index contributed by atoms with van der Waals surface area (Å²) in [5, 5.41) is 12.1. The molecule has 4 N–H and O–H groups in total. The van der Waals surface area contributed by atoms with E-state index in [4.69, 9.17) is 14.2 Å². The van der Waals surface area contributed by atoms with Crippen molar-refractivity contribution in [2.24, 2.45) is 5.92 Å². The molecular weight excluding hydrogens is 761 g/mol. The summed E-state index contributed by atoms with van der Waals surface area (Å²) < 4.78 is 56.6. The van der Waals surface area contributed by atoms with Crippen molar-refractivity contribution in [3.05, 3.63) is 30.1 Å². The number of hydrogen-bond donors (Lipinski definition) is 4. The van der Waals surface area contributed by atoms with Gasteiger partial charge < -0.3 is 45.3 Å².